The zero-order chi connectivity index (χ0) is 21.8. The van der Waals surface area contributed by atoms with Gasteiger partial charge in [-0.25, -0.2) is 13.1 Å². The summed E-state index contributed by atoms with van der Waals surface area (Å²) in [6.07, 6.45) is 1.99. The fourth-order valence-electron chi connectivity index (χ4n) is 2.86. The second-order valence-electron chi connectivity index (χ2n) is 7.03. The predicted octanol–water partition coefficient (Wildman–Crippen LogP) is 2.92. The van der Waals surface area contributed by atoms with E-state index in [1.54, 1.807) is 31.3 Å². The minimum Gasteiger partial charge on any atom is -0.383 e. The summed E-state index contributed by atoms with van der Waals surface area (Å²) >= 11 is 0. The van der Waals surface area contributed by atoms with Crippen LogP contribution in [0.3, 0.4) is 0 Å². The molecule has 2 aromatic carbocycles. The summed E-state index contributed by atoms with van der Waals surface area (Å²) in [5, 5.41) is 6.66. The fourth-order valence-corrected chi connectivity index (χ4v) is 3.87. The van der Waals surface area contributed by atoms with Crippen molar-refractivity contribution >= 4 is 40.0 Å². The molecule has 0 heterocycles. The van der Waals surface area contributed by atoms with E-state index in [0.717, 1.165) is 18.4 Å². The van der Waals surface area contributed by atoms with Crippen molar-refractivity contribution in [2.75, 3.05) is 27.3 Å². The molecule has 0 aliphatic carbocycles. The second-order valence-corrected chi connectivity index (χ2v) is 8.80. The lowest BCUT2D eigenvalue weighted by Gasteiger charge is -2.18. The van der Waals surface area contributed by atoms with E-state index in [9.17, 15) is 8.42 Å². The van der Waals surface area contributed by atoms with Gasteiger partial charge in [0, 0.05) is 33.3 Å². The van der Waals surface area contributed by atoms with Crippen LogP contribution >= 0.6 is 24.0 Å². The van der Waals surface area contributed by atoms with Gasteiger partial charge in [0.05, 0.1) is 11.5 Å². The Kier molecular flexibility index (Phi) is 12.7. The lowest BCUT2D eigenvalue weighted by atomic mass is 10.1. The molecule has 0 fully saturated rings. The topological polar surface area (TPSA) is 91.8 Å². The zero-order valence-electron chi connectivity index (χ0n) is 18.3. The average molecular weight is 561 g/mol. The minimum atomic E-state index is -3.52. The minimum absolute atomic E-state index is 0. The van der Waals surface area contributed by atoms with Crippen LogP contribution in [0.1, 0.15) is 24.5 Å². The van der Waals surface area contributed by atoms with Gasteiger partial charge in [-0.3, -0.25) is 4.99 Å². The number of rotatable bonds is 11. The Hall–Kier alpha value is -1.69. The van der Waals surface area contributed by atoms with Crippen molar-refractivity contribution in [1.29, 1.82) is 0 Å². The Labute approximate surface area is 203 Å². The first-order valence-electron chi connectivity index (χ1n) is 10.0. The van der Waals surface area contributed by atoms with E-state index in [4.69, 9.17) is 4.74 Å². The van der Waals surface area contributed by atoms with Gasteiger partial charge in [0.2, 0.25) is 10.0 Å². The molecule has 1 atom stereocenters. The number of hydrogen-bond donors (Lipinski definition) is 3. The fraction of sp³-hybridized carbons (Fsp3) is 0.409. The Balaban J connectivity index is 0.00000480. The van der Waals surface area contributed by atoms with Gasteiger partial charge in [0.1, 0.15) is 0 Å². The highest BCUT2D eigenvalue weighted by atomic mass is 127. The lowest BCUT2D eigenvalue weighted by molar-refractivity contribution is 0.204. The van der Waals surface area contributed by atoms with Gasteiger partial charge in [-0.15, -0.1) is 24.0 Å². The van der Waals surface area contributed by atoms with E-state index in [1.807, 2.05) is 6.07 Å². The average Bonchev–Trinajstić information content (AvgIpc) is 2.76. The SMILES string of the molecule is CN=C(NCc1ccc(S(=O)(=O)NCCOC)cc1)NC(C)CCc1ccccc1.I. The van der Waals surface area contributed by atoms with Crippen LogP contribution in [0.15, 0.2) is 64.5 Å². The number of nitrogens with one attached hydrogen (secondary N) is 3. The number of hydrogen-bond acceptors (Lipinski definition) is 4. The molecule has 3 N–H and O–H groups in total. The van der Waals surface area contributed by atoms with E-state index < -0.39 is 10.0 Å². The number of guanidine groups is 1. The number of benzene rings is 2. The van der Waals surface area contributed by atoms with E-state index in [-0.39, 0.29) is 41.5 Å². The Bertz CT molecular complexity index is 891. The van der Waals surface area contributed by atoms with Crippen LogP contribution in [0, 0.1) is 0 Å². The van der Waals surface area contributed by atoms with Crippen LogP contribution in [0.4, 0.5) is 0 Å². The van der Waals surface area contributed by atoms with Gasteiger partial charge in [-0.2, -0.15) is 0 Å². The maximum Gasteiger partial charge on any atom is 0.240 e. The highest BCUT2D eigenvalue weighted by Gasteiger charge is 2.13. The molecule has 172 valence electrons. The third-order valence-electron chi connectivity index (χ3n) is 4.61. The van der Waals surface area contributed by atoms with Crippen molar-refractivity contribution in [2.45, 2.75) is 37.2 Å². The summed E-state index contributed by atoms with van der Waals surface area (Å²) in [5.41, 5.74) is 2.28. The van der Waals surface area contributed by atoms with Gasteiger partial charge in [0.25, 0.3) is 0 Å². The van der Waals surface area contributed by atoms with E-state index >= 15 is 0 Å². The Morgan fingerprint density at radius 3 is 2.35 bits per heavy atom. The highest BCUT2D eigenvalue weighted by Crippen LogP contribution is 2.10. The van der Waals surface area contributed by atoms with Gasteiger partial charge in [-0.1, -0.05) is 42.5 Å². The molecule has 0 bridgehead atoms. The van der Waals surface area contributed by atoms with Crippen LogP contribution < -0.4 is 15.4 Å². The van der Waals surface area contributed by atoms with Gasteiger partial charge < -0.3 is 15.4 Å². The summed E-state index contributed by atoms with van der Waals surface area (Å²) in [7, 11) is -0.250. The number of ether oxygens (including phenoxy) is 1. The third-order valence-corrected chi connectivity index (χ3v) is 6.08. The first-order chi connectivity index (χ1) is 14.4. The summed E-state index contributed by atoms with van der Waals surface area (Å²) in [6.45, 7) is 3.25. The summed E-state index contributed by atoms with van der Waals surface area (Å²) < 4.78 is 31.8. The molecule has 2 aromatic rings. The smallest absolute Gasteiger partial charge is 0.240 e. The first-order valence-corrected chi connectivity index (χ1v) is 11.5. The van der Waals surface area contributed by atoms with E-state index in [1.165, 1.54) is 12.7 Å². The third kappa shape index (κ3) is 9.98. The molecule has 0 saturated heterocycles. The monoisotopic (exact) mass is 560 g/mol. The molecule has 0 aliphatic rings. The molecular weight excluding hydrogens is 527 g/mol. The van der Waals surface area contributed by atoms with E-state index in [0.29, 0.717) is 19.1 Å². The molecule has 31 heavy (non-hydrogen) atoms. The predicted molar refractivity (Wildman–Crippen MR) is 136 cm³/mol. The number of aliphatic imine (C=N–C) groups is 1. The summed E-state index contributed by atoms with van der Waals surface area (Å²) in [4.78, 5) is 4.51. The molecule has 0 saturated carbocycles. The summed E-state index contributed by atoms with van der Waals surface area (Å²) in [5.74, 6) is 0.716. The molecule has 2 rings (SSSR count). The van der Waals surface area contributed by atoms with E-state index in [2.05, 4.69) is 51.5 Å². The van der Waals surface area contributed by atoms with Crippen LogP contribution in [0.5, 0.6) is 0 Å². The summed E-state index contributed by atoms with van der Waals surface area (Å²) in [6, 6.07) is 17.5. The first kappa shape index (κ1) is 27.3. The van der Waals surface area contributed by atoms with Crippen LogP contribution in [-0.4, -0.2) is 47.7 Å². The van der Waals surface area contributed by atoms with Crippen molar-refractivity contribution < 1.29 is 13.2 Å². The number of aryl methyl sites for hydroxylation is 1. The van der Waals surface area contributed by atoms with Crippen LogP contribution in [0.2, 0.25) is 0 Å². The molecule has 0 amide bonds. The maximum absolute atomic E-state index is 12.2. The molecule has 0 radical (unpaired) electrons. The van der Waals surface area contributed by atoms with Crippen molar-refractivity contribution in [3.05, 3.63) is 65.7 Å². The number of halogens is 1. The highest BCUT2D eigenvalue weighted by molar-refractivity contribution is 14.0. The van der Waals surface area contributed by atoms with Gasteiger partial charge in [0.15, 0.2) is 5.96 Å². The molecular formula is C22H33IN4O3S. The van der Waals surface area contributed by atoms with Crippen molar-refractivity contribution in [2.24, 2.45) is 4.99 Å². The normalized spacial score (nSPS) is 12.7. The maximum atomic E-state index is 12.2. The van der Waals surface area contributed by atoms with Crippen molar-refractivity contribution in [3.63, 3.8) is 0 Å². The quantitative estimate of drug-likeness (QED) is 0.170. The molecule has 0 aromatic heterocycles. The Morgan fingerprint density at radius 2 is 1.74 bits per heavy atom. The van der Waals surface area contributed by atoms with Crippen LogP contribution in [-0.2, 0) is 27.7 Å². The zero-order valence-corrected chi connectivity index (χ0v) is 21.4. The number of sulfonamides is 1. The van der Waals surface area contributed by atoms with Crippen molar-refractivity contribution in [3.8, 4) is 0 Å². The molecule has 0 aliphatic heterocycles. The second kappa shape index (κ2) is 14.4. The Morgan fingerprint density at radius 1 is 1.06 bits per heavy atom. The molecule has 9 heteroatoms. The number of methoxy groups -OCH3 is 1. The van der Waals surface area contributed by atoms with Crippen molar-refractivity contribution in [1.82, 2.24) is 15.4 Å². The van der Waals surface area contributed by atoms with Gasteiger partial charge in [-0.05, 0) is 43.0 Å². The standard InChI is InChI=1S/C22H32N4O3S.HI/c1-18(9-10-19-7-5-4-6-8-19)26-22(23-2)24-17-20-11-13-21(14-12-20)30(27,28)25-15-16-29-3;/h4-8,11-14,18,25H,9-10,15-17H2,1-3H3,(H2,23,24,26);1H. The molecule has 7 nitrogen and oxygen atoms in total. The lowest BCUT2D eigenvalue weighted by Crippen LogP contribution is -2.42. The largest absolute Gasteiger partial charge is 0.383 e. The molecule has 0 spiro atoms. The number of nitrogens with zero attached hydrogens (tertiary/aromatic N) is 1. The van der Waals surface area contributed by atoms with Gasteiger partial charge >= 0.3 is 0 Å². The van der Waals surface area contributed by atoms with Crippen LogP contribution in [0.25, 0.3) is 0 Å². The molecule has 1 unspecified atom stereocenters.